The lowest BCUT2D eigenvalue weighted by Gasteiger charge is -2.13. The molecule has 0 bridgehead atoms. The Kier molecular flexibility index (Phi) is 3.79. The standard InChI is InChI=1S/C17H18N4/c1-13-6-5-7-14(10-13)11-16(18)17-12-19-20-21(17)15-8-3-2-4-9-15/h2-10,12,16H,11,18H2,1H3. The van der Waals surface area contributed by atoms with E-state index in [2.05, 4.69) is 41.5 Å². The van der Waals surface area contributed by atoms with Gasteiger partial charge in [-0.05, 0) is 31.0 Å². The van der Waals surface area contributed by atoms with Gasteiger partial charge in [-0.2, -0.15) is 0 Å². The maximum absolute atomic E-state index is 6.36. The third-order valence-electron chi connectivity index (χ3n) is 3.49. The zero-order chi connectivity index (χ0) is 14.7. The molecule has 0 aliphatic carbocycles. The molecule has 1 heterocycles. The second kappa shape index (κ2) is 5.89. The van der Waals surface area contributed by atoms with Crippen molar-refractivity contribution < 1.29 is 0 Å². The molecule has 0 saturated heterocycles. The number of hydrogen-bond donors (Lipinski definition) is 1. The van der Waals surface area contributed by atoms with Crippen LogP contribution in [0.1, 0.15) is 22.9 Å². The number of benzene rings is 2. The fourth-order valence-electron chi connectivity index (χ4n) is 2.46. The summed E-state index contributed by atoms with van der Waals surface area (Å²) in [5, 5.41) is 8.17. The normalized spacial score (nSPS) is 12.3. The quantitative estimate of drug-likeness (QED) is 0.798. The summed E-state index contributed by atoms with van der Waals surface area (Å²) in [5.74, 6) is 0. The molecule has 106 valence electrons. The molecule has 0 aliphatic heterocycles. The van der Waals surface area contributed by atoms with Crippen molar-refractivity contribution in [1.29, 1.82) is 0 Å². The van der Waals surface area contributed by atoms with Crippen molar-refractivity contribution in [2.75, 3.05) is 0 Å². The van der Waals surface area contributed by atoms with Crippen LogP contribution in [0.4, 0.5) is 0 Å². The summed E-state index contributed by atoms with van der Waals surface area (Å²) in [6.45, 7) is 2.09. The SMILES string of the molecule is Cc1cccc(CC(N)c2cnnn2-c2ccccc2)c1. The Balaban J connectivity index is 1.86. The zero-order valence-electron chi connectivity index (χ0n) is 12.0. The first-order chi connectivity index (χ1) is 10.2. The van der Waals surface area contributed by atoms with Crippen molar-refractivity contribution in [2.24, 2.45) is 5.73 Å². The molecule has 21 heavy (non-hydrogen) atoms. The zero-order valence-corrected chi connectivity index (χ0v) is 12.0. The van der Waals surface area contributed by atoms with Gasteiger partial charge in [0, 0.05) is 0 Å². The van der Waals surface area contributed by atoms with Crippen LogP contribution in [0.2, 0.25) is 0 Å². The van der Waals surface area contributed by atoms with E-state index in [0.717, 1.165) is 17.8 Å². The first-order valence-corrected chi connectivity index (χ1v) is 7.01. The Morgan fingerprint density at radius 1 is 1.10 bits per heavy atom. The average Bonchev–Trinajstić information content (AvgIpc) is 2.98. The average molecular weight is 278 g/mol. The summed E-state index contributed by atoms with van der Waals surface area (Å²) in [4.78, 5) is 0. The van der Waals surface area contributed by atoms with Crippen LogP contribution in [0.25, 0.3) is 5.69 Å². The molecular weight excluding hydrogens is 260 g/mol. The lowest BCUT2D eigenvalue weighted by molar-refractivity contribution is 0.649. The predicted octanol–water partition coefficient (Wildman–Crippen LogP) is 2.82. The number of aryl methyl sites for hydroxylation is 1. The van der Waals surface area contributed by atoms with Crippen LogP contribution in [-0.2, 0) is 6.42 Å². The van der Waals surface area contributed by atoms with Gasteiger partial charge >= 0.3 is 0 Å². The molecule has 1 unspecified atom stereocenters. The van der Waals surface area contributed by atoms with Gasteiger partial charge in [0.15, 0.2) is 0 Å². The van der Waals surface area contributed by atoms with Crippen molar-refractivity contribution in [3.05, 3.63) is 77.6 Å². The minimum atomic E-state index is -0.137. The summed E-state index contributed by atoms with van der Waals surface area (Å²) in [5.41, 5.74) is 10.7. The summed E-state index contributed by atoms with van der Waals surface area (Å²) in [6.07, 6.45) is 2.51. The Bertz CT molecular complexity index is 718. The van der Waals surface area contributed by atoms with Crippen molar-refractivity contribution in [3.63, 3.8) is 0 Å². The third kappa shape index (κ3) is 3.01. The van der Waals surface area contributed by atoms with Crippen LogP contribution >= 0.6 is 0 Å². The number of hydrogen-bond acceptors (Lipinski definition) is 3. The first-order valence-electron chi connectivity index (χ1n) is 7.01. The van der Waals surface area contributed by atoms with Gasteiger partial charge in [0.2, 0.25) is 0 Å². The Labute approximate surface area is 124 Å². The van der Waals surface area contributed by atoms with Gasteiger partial charge in [-0.1, -0.05) is 53.2 Å². The van der Waals surface area contributed by atoms with Gasteiger partial charge in [-0.25, -0.2) is 4.68 Å². The molecule has 2 aromatic carbocycles. The minimum Gasteiger partial charge on any atom is -0.322 e. The van der Waals surface area contributed by atoms with Crippen LogP contribution < -0.4 is 5.73 Å². The summed E-state index contributed by atoms with van der Waals surface area (Å²) >= 11 is 0. The molecule has 2 N–H and O–H groups in total. The fourth-order valence-corrected chi connectivity index (χ4v) is 2.46. The first kappa shape index (κ1) is 13.5. The Morgan fingerprint density at radius 2 is 1.90 bits per heavy atom. The highest BCUT2D eigenvalue weighted by Gasteiger charge is 2.14. The highest BCUT2D eigenvalue weighted by molar-refractivity contribution is 5.33. The molecule has 4 heteroatoms. The minimum absolute atomic E-state index is 0.137. The van der Waals surface area contributed by atoms with Crippen molar-refractivity contribution in [1.82, 2.24) is 15.0 Å². The second-order valence-corrected chi connectivity index (χ2v) is 5.21. The number of para-hydroxylation sites is 1. The maximum Gasteiger partial charge on any atom is 0.0816 e. The van der Waals surface area contributed by atoms with Gasteiger partial charge in [-0.15, -0.1) is 5.10 Å². The molecule has 3 rings (SSSR count). The van der Waals surface area contributed by atoms with E-state index < -0.39 is 0 Å². The fraction of sp³-hybridized carbons (Fsp3) is 0.176. The number of aromatic nitrogens is 3. The van der Waals surface area contributed by atoms with E-state index in [1.807, 2.05) is 30.3 Å². The highest BCUT2D eigenvalue weighted by atomic mass is 15.4. The molecule has 0 aliphatic rings. The van der Waals surface area contributed by atoms with Crippen LogP contribution in [0.15, 0.2) is 60.8 Å². The van der Waals surface area contributed by atoms with Gasteiger partial charge in [-0.3, -0.25) is 0 Å². The topological polar surface area (TPSA) is 56.7 Å². The number of rotatable bonds is 4. The Hall–Kier alpha value is -2.46. The van der Waals surface area contributed by atoms with E-state index >= 15 is 0 Å². The molecule has 1 aromatic heterocycles. The third-order valence-corrected chi connectivity index (χ3v) is 3.49. The van der Waals surface area contributed by atoms with E-state index in [-0.39, 0.29) is 6.04 Å². The summed E-state index contributed by atoms with van der Waals surface area (Å²) < 4.78 is 1.81. The van der Waals surface area contributed by atoms with Crippen molar-refractivity contribution >= 4 is 0 Å². The molecular formula is C17H18N4. The molecule has 0 fully saturated rings. The van der Waals surface area contributed by atoms with Gasteiger partial charge in [0.05, 0.1) is 23.6 Å². The molecule has 0 amide bonds. The summed E-state index contributed by atoms with van der Waals surface area (Å²) in [6, 6.07) is 18.2. The van der Waals surface area contributed by atoms with Crippen LogP contribution in [0.3, 0.4) is 0 Å². The number of nitrogens with two attached hydrogens (primary N) is 1. The van der Waals surface area contributed by atoms with Crippen LogP contribution in [0, 0.1) is 6.92 Å². The summed E-state index contributed by atoms with van der Waals surface area (Å²) in [7, 11) is 0. The molecule has 0 radical (unpaired) electrons. The number of nitrogens with zero attached hydrogens (tertiary/aromatic N) is 3. The maximum atomic E-state index is 6.36. The Morgan fingerprint density at radius 3 is 2.67 bits per heavy atom. The molecule has 4 nitrogen and oxygen atoms in total. The van der Waals surface area contributed by atoms with E-state index in [9.17, 15) is 0 Å². The predicted molar refractivity (Wildman–Crippen MR) is 83.2 cm³/mol. The largest absolute Gasteiger partial charge is 0.322 e. The second-order valence-electron chi connectivity index (χ2n) is 5.21. The van der Waals surface area contributed by atoms with Crippen LogP contribution in [0.5, 0.6) is 0 Å². The van der Waals surface area contributed by atoms with Crippen molar-refractivity contribution in [3.8, 4) is 5.69 Å². The smallest absolute Gasteiger partial charge is 0.0816 e. The van der Waals surface area contributed by atoms with Gasteiger partial charge in [0.1, 0.15) is 0 Å². The monoisotopic (exact) mass is 278 g/mol. The van der Waals surface area contributed by atoms with E-state index in [0.29, 0.717) is 0 Å². The molecule has 0 spiro atoms. The van der Waals surface area contributed by atoms with E-state index in [4.69, 9.17) is 5.73 Å². The lowest BCUT2D eigenvalue weighted by atomic mass is 10.0. The van der Waals surface area contributed by atoms with E-state index in [1.165, 1.54) is 11.1 Å². The molecule has 1 atom stereocenters. The van der Waals surface area contributed by atoms with Crippen LogP contribution in [-0.4, -0.2) is 15.0 Å². The molecule has 0 saturated carbocycles. The van der Waals surface area contributed by atoms with Crippen molar-refractivity contribution in [2.45, 2.75) is 19.4 Å². The highest BCUT2D eigenvalue weighted by Crippen LogP contribution is 2.18. The lowest BCUT2D eigenvalue weighted by Crippen LogP contribution is -2.17. The van der Waals surface area contributed by atoms with E-state index in [1.54, 1.807) is 10.9 Å². The van der Waals surface area contributed by atoms with Gasteiger partial charge < -0.3 is 5.73 Å². The molecule has 3 aromatic rings. The van der Waals surface area contributed by atoms with Gasteiger partial charge in [0.25, 0.3) is 0 Å².